The van der Waals surface area contributed by atoms with Gasteiger partial charge in [0.15, 0.2) is 0 Å². The molecule has 0 unspecified atom stereocenters. The van der Waals surface area contributed by atoms with Crippen molar-refractivity contribution in [1.29, 1.82) is 0 Å². The van der Waals surface area contributed by atoms with E-state index in [1.54, 1.807) is 0 Å². The molecule has 0 fully saturated rings. The third kappa shape index (κ3) is 4.70. The number of nitrogens with zero attached hydrogens (tertiary/aromatic N) is 1. The van der Waals surface area contributed by atoms with Crippen molar-refractivity contribution < 1.29 is 0 Å². The number of aliphatic imine (C=N–C) groups is 1. The number of hydrogen-bond acceptors (Lipinski definition) is 1. The molecular formula is C13H31NSi3. The zero-order valence-corrected chi connectivity index (χ0v) is 16.5. The Labute approximate surface area is 111 Å². The van der Waals surface area contributed by atoms with Crippen molar-refractivity contribution in [3.05, 3.63) is 5.70 Å². The van der Waals surface area contributed by atoms with Gasteiger partial charge in [-0.2, -0.15) is 0 Å². The van der Waals surface area contributed by atoms with Crippen LogP contribution in [0.4, 0.5) is 0 Å². The summed E-state index contributed by atoms with van der Waals surface area (Å²) in [4.78, 5) is 5.11. The van der Waals surface area contributed by atoms with E-state index in [0.717, 1.165) is 0 Å². The lowest BCUT2D eigenvalue weighted by Gasteiger charge is -2.45. The molecule has 0 N–H and O–H groups in total. The SMILES string of the molecule is CC(N=C=C[Si](C)(C)C)([Si](C)(C)C)[Si](C)(C)C. The normalized spacial score (nSPS) is 14.2. The van der Waals surface area contributed by atoms with Crippen LogP contribution in [0, 0.1) is 0 Å². The summed E-state index contributed by atoms with van der Waals surface area (Å²) in [6.45, 7) is 24.0. The number of rotatable bonds is 4. The molecular weight excluding hydrogens is 254 g/mol. The van der Waals surface area contributed by atoms with Crippen LogP contribution in [0.1, 0.15) is 6.92 Å². The minimum atomic E-state index is -1.31. The maximum absolute atomic E-state index is 4.94. The van der Waals surface area contributed by atoms with Crippen LogP contribution in [0.25, 0.3) is 0 Å². The van der Waals surface area contributed by atoms with Gasteiger partial charge in [-0.25, -0.2) is 4.99 Å². The molecule has 0 aliphatic heterocycles. The minimum absolute atomic E-state index is 0.177. The highest BCUT2D eigenvalue weighted by atomic mass is 28.4. The summed E-state index contributed by atoms with van der Waals surface area (Å²) >= 11 is 0. The summed E-state index contributed by atoms with van der Waals surface area (Å²) in [5.41, 5.74) is 2.24. The predicted molar refractivity (Wildman–Crippen MR) is 90.4 cm³/mol. The zero-order chi connectivity index (χ0) is 14.1. The molecule has 1 nitrogen and oxygen atoms in total. The lowest BCUT2D eigenvalue weighted by Crippen LogP contribution is -2.63. The molecule has 0 atom stereocenters. The summed E-state index contributed by atoms with van der Waals surface area (Å²) in [7, 11) is -3.80. The lowest BCUT2D eigenvalue weighted by molar-refractivity contribution is 0.840. The van der Waals surface area contributed by atoms with Crippen molar-refractivity contribution in [3.8, 4) is 0 Å². The van der Waals surface area contributed by atoms with Crippen molar-refractivity contribution in [2.75, 3.05) is 0 Å². The fraction of sp³-hybridized carbons (Fsp3) is 0.846. The van der Waals surface area contributed by atoms with Crippen LogP contribution in [0.5, 0.6) is 0 Å². The van der Waals surface area contributed by atoms with Crippen LogP contribution in [0.2, 0.25) is 58.9 Å². The Kier molecular flexibility index (Phi) is 5.03. The van der Waals surface area contributed by atoms with Crippen molar-refractivity contribution in [1.82, 2.24) is 0 Å². The van der Waals surface area contributed by atoms with Crippen molar-refractivity contribution in [2.45, 2.75) is 70.6 Å². The third-order valence-electron chi connectivity index (χ3n) is 3.71. The lowest BCUT2D eigenvalue weighted by atomic mass is 10.7. The fourth-order valence-electron chi connectivity index (χ4n) is 1.82. The van der Waals surface area contributed by atoms with E-state index < -0.39 is 24.2 Å². The molecule has 0 aromatic carbocycles. The quantitative estimate of drug-likeness (QED) is 0.528. The molecule has 17 heavy (non-hydrogen) atoms. The van der Waals surface area contributed by atoms with Gasteiger partial charge in [0.1, 0.15) is 0 Å². The van der Waals surface area contributed by atoms with E-state index >= 15 is 0 Å². The molecule has 0 saturated heterocycles. The summed E-state index contributed by atoms with van der Waals surface area (Å²) in [5.74, 6) is 3.31. The van der Waals surface area contributed by atoms with Crippen LogP contribution in [-0.2, 0) is 0 Å². The maximum Gasteiger partial charge on any atom is 0.0802 e. The molecule has 4 heteroatoms. The second-order valence-electron chi connectivity index (χ2n) is 8.32. The van der Waals surface area contributed by atoms with E-state index in [2.05, 4.69) is 77.4 Å². The molecule has 0 amide bonds. The average Bonchev–Trinajstić information content (AvgIpc) is 1.96. The minimum Gasteiger partial charge on any atom is -0.244 e. The summed E-state index contributed by atoms with van der Waals surface area (Å²) in [5, 5.41) is 0. The predicted octanol–water partition coefficient (Wildman–Crippen LogP) is 4.60. The molecule has 0 bridgehead atoms. The van der Waals surface area contributed by atoms with Crippen LogP contribution in [0.15, 0.2) is 10.7 Å². The standard InChI is InChI=1S/C13H31NSi3/c1-13(16(5,6)7,17(8,9)10)14-11-12-15(2,3)4/h12H,1-10H3. The molecule has 100 valence electrons. The van der Waals surface area contributed by atoms with Gasteiger partial charge in [0, 0.05) is 0 Å². The van der Waals surface area contributed by atoms with Crippen molar-refractivity contribution in [3.63, 3.8) is 0 Å². The topological polar surface area (TPSA) is 12.4 Å². The number of hydrogen-bond donors (Lipinski definition) is 0. The molecule has 0 aliphatic carbocycles. The van der Waals surface area contributed by atoms with E-state index in [0.29, 0.717) is 0 Å². The highest BCUT2D eigenvalue weighted by molar-refractivity contribution is 6.99. The Hall–Kier alpha value is 0.101. The van der Waals surface area contributed by atoms with Gasteiger partial charge in [-0.1, -0.05) is 58.9 Å². The second-order valence-corrected chi connectivity index (χ2v) is 24.8. The van der Waals surface area contributed by atoms with Gasteiger partial charge in [0.05, 0.1) is 29.0 Å². The monoisotopic (exact) mass is 285 g/mol. The van der Waals surface area contributed by atoms with Gasteiger partial charge in [-0.05, 0) is 18.5 Å². The van der Waals surface area contributed by atoms with Crippen LogP contribution < -0.4 is 0 Å². The first-order valence-electron chi connectivity index (χ1n) is 6.52. The van der Waals surface area contributed by atoms with E-state index in [9.17, 15) is 0 Å². The molecule has 0 heterocycles. The Morgan fingerprint density at radius 2 is 1.18 bits per heavy atom. The Morgan fingerprint density at radius 3 is 1.41 bits per heavy atom. The van der Waals surface area contributed by atoms with Gasteiger partial charge >= 0.3 is 0 Å². The first-order valence-corrected chi connectivity index (χ1v) is 17.1. The smallest absolute Gasteiger partial charge is 0.0802 e. The maximum atomic E-state index is 4.94. The van der Waals surface area contributed by atoms with Crippen LogP contribution >= 0.6 is 0 Å². The first-order chi connectivity index (χ1) is 7.21. The fourth-order valence-corrected chi connectivity index (χ4v) is 12.1. The van der Waals surface area contributed by atoms with Gasteiger partial charge in [0.25, 0.3) is 0 Å². The highest BCUT2D eigenvalue weighted by Crippen LogP contribution is 2.33. The Balaban J connectivity index is 5.50. The summed E-state index contributed by atoms with van der Waals surface area (Å²) in [6.07, 6.45) is 0. The molecule has 0 radical (unpaired) electrons. The Bertz CT molecular complexity index is 306. The van der Waals surface area contributed by atoms with E-state index in [1.165, 1.54) is 0 Å². The average molecular weight is 286 g/mol. The highest BCUT2D eigenvalue weighted by Gasteiger charge is 2.48. The largest absolute Gasteiger partial charge is 0.244 e. The van der Waals surface area contributed by atoms with Gasteiger partial charge in [-0.3, -0.25) is 0 Å². The molecule has 0 rings (SSSR count). The molecule has 0 spiro atoms. The van der Waals surface area contributed by atoms with Gasteiger partial charge < -0.3 is 0 Å². The Morgan fingerprint density at radius 1 is 0.824 bits per heavy atom. The van der Waals surface area contributed by atoms with Crippen LogP contribution in [-0.4, -0.2) is 34.9 Å². The summed E-state index contributed by atoms with van der Waals surface area (Å²) < 4.78 is 0. The van der Waals surface area contributed by atoms with Crippen molar-refractivity contribution in [2.24, 2.45) is 4.99 Å². The van der Waals surface area contributed by atoms with Crippen LogP contribution in [0.3, 0.4) is 0 Å². The molecule has 0 aliphatic rings. The van der Waals surface area contributed by atoms with E-state index in [-0.39, 0.29) is 4.79 Å². The zero-order valence-electron chi connectivity index (χ0n) is 13.5. The molecule has 0 aromatic heterocycles. The van der Waals surface area contributed by atoms with E-state index in [1.807, 2.05) is 0 Å². The van der Waals surface area contributed by atoms with E-state index in [4.69, 9.17) is 4.99 Å². The summed E-state index contributed by atoms with van der Waals surface area (Å²) in [6, 6.07) is 0. The van der Waals surface area contributed by atoms with Gasteiger partial charge in [-0.15, -0.1) is 0 Å². The first kappa shape index (κ1) is 17.1. The molecule has 0 saturated carbocycles. The van der Waals surface area contributed by atoms with Crippen molar-refractivity contribution >= 4 is 30.1 Å². The second kappa shape index (κ2) is 5.00. The third-order valence-corrected chi connectivity index (χ3v) is 15.3. The molecule has 0 aromatic rings. The van der Waals surface area contributed by atoms with Gasteiger partial charge in [0.2, 0.25) is 0 Å².